The Morgan fingerprint density at radius 3 is 2.24 bits per heavy atom. The fourth-order valence-corrected chi connectivity index (χ4v) is 3.27. The fraction of sp³-hybridized carbons (Fsp3) is 0.435. The van der Waals surface area contributed by atoms with Gasteiger partial charge in [0.2, 0.25) is 0 Å². The number of anilines is 1. The third-order valence-corrected chi connectivity index (χ3v) is 4.66. The predicted molar refractivity (Wildman–Crippen MR) is 117 cm³/mol. The van der Waals surface area contributed by atoms with E-state index in [1.807, 2.05) is 48.5 Å². The minimum atomic E-state index is -0.685. The van der Waals surface area contributed by atoms with Gasteiger partial charge in [-0.1, -0.05) is 50.2 Å². The highest BCUT2D eigenvalue weighted by atomic mass is 16.7. The summed E-state index contributed by atoms with van der Waals surface area (Å²) in [4.78, 5) is 20.3. The van der Waals surface area contributed by atoms with E-state index in [1.54, 1.807) is 7.11 Å². The monoisotopic (exact) mass is 399 g/mol. The summed E-state index contributed by atoms with van der Waals surface area (Å²) in [6.45, 7) is 7.77. The Hall–Kier alpha value is -2.57. The molecule has 6 nitrogen and oxygen atoms in total. The maximum Gasteiger partial charge on any atom is 0.343 e. The first-order valence-electron chi connectivity index (χ1n) is 10.2. The number of rotatable bonds is 12. The highest BCUT2D eigenvalue weighted by Crippen LogP contribution is 2.30. The van der Waals surface area contributed by atoms with E-state index in [-0.39, 0.29) is 6.61 Å². The van der Waals surface area contributed by atoms with E-state index in [0.29, 0.717) is 11.4 Å². The molecule has 0 aromatic heterocycles. The molecule has 0 radical (unpaired) electrons. The second kappa shape index (κ2) is 12.1. The first kappa shape index (κ1) is 22.7. The first-order valence-corrected chi connectivity index (χ1v) is 10.2. The molecule has 0 heterocycles. The Labute approximate surface area is 174 Å². The van der Waals surface area contributed by atoms with Crippen LogP contribution in [0.1, 0.15) is 37.8 Å². The summed E-state index contributed by atoms with van der Waals surface area (Å²) in [6, 6.07) is 14.8. The molecule has 0 spiro atoms. The number of hydroxylamine groups is 1. The zero-order chi connectivity index (χ0) is 21.1. The normalized spacial score (nSPS) is 10.9. The number of benzene rings is 2. The van der Waals surface area contributed by atoms with Crippen LogP contribution >= 0.6 is 0 Å². The van der Waals surface area contributed by atoms with Crippen molar-refractivity contribution >= 4 is 11.7 Å². The van der Waals surface area contributed by atoms with Gasteiger partial charge in [0, 0.05) is 6.54 Å². The molecule has 158 valence electrons. The van der Waals surface area contributed by atoms with Crippen LogP contribution in [0.5, 0.6) is 5.75 Å². The van der Waals surface area contributed by atoms with Gasteiger partial charge in [-0.05, 0) is 55.6 Å². The number of carbonyl (C=O) groups excluding carboxylic acids is 1. The average molecular weight is 400 g/mol. The third kappa shape index (κ3) is 7.07. The molecule has 0 aliphatic rings. The second-order valence-corrected chi connectivity index (χ2v) is 6.99. The second-order valence-electron chi connectivity index (χ2n) is 6.99. The number of hydrogen-bond donors (Lipinski definition) is 1. The summed E-state index contributed by atoms with van der Waals surface area (Å²) in [5.41, 5.74) is 8.18. The lowest BCUT2D eigenvalue weighted by Gasteiger charge is -2.24. The standard InChI is InChI=1S/C23H33N3O3/c1-4-14-25(15-5-2)16-13-19-11-12-22(28-3)21(17-19)26(23(24)27)29-18-20-9-7-6-8-10-20/h6-12,17H,4-5,13-16,18H2,1-3H3,(H2,24,27). The van der Waals surface area contributed by atoms with Crippen molar-refractivity contribution in [1.29, 1.82) is 0 Å². The zero-order valence-electron chi connectivity index (χ0n) is 17.8. The number of nitrogens with two attached hydrogens (primary N) is 1. The van der Waals surface area contributed by atoms with Gasteiger partial charge in [-0.25, -0.2) is 4.79 Å². The number of ether oxygens (including phenoxy) is 1. The van der Waals surface area contributed by atoms with E-state index >= 15 is 0 Å². The molecular formula is C23H33N3O3. The Kier molecular flexibility index (Phi) is 9.47. The Morgan fingerprint density at radius 2 is 1.66 bits per heavy atom. The summed E-state index contributed by atoms with van der Waals surface area (Å²) < 4.78 is 5.45. The number of nitrogens with zero attached hydrogens (tertiary/aromatic N) is 2. The predicted octanol–water partition coefficient (Wildman–Crippen LogP) is 4.38. The van der Waals surface area contributed by atoms with Gasteiger partial charge >= 0.3 is 6.03 Å². The number of urea groups is 1. The van der Waals surface area contributed by atoms with Gasteiger partial charge in [-0.15, -0.1) is 0 Å². The minimum Gasteiger partial charge on any atom is -0.494 e. The van der Waals surface area contributed by atoms with E-state index < -0.39 is 6.03 Å². The van der Waals surface area contributed by atoms with Crippen molar-refractivity contribution in [1.82, 2.24) is 4.90 Å². The summed E-state index contributed by atoms with van der Waals surface area (Å²) in [5, 5.41) is 1.12. The van der Waals surface area contributed by atoms with Gasteiger partial charge < -0.3 is 15.4 Å². The fourth-order valence-electron chi connectivity index (χ4n) is 3.27. The number of amides is 2. The molecule has 0 saturated heterocycles. The van der Waals surface area contributed by atoms with E-state index in [2.05, 4.69) is 18.7 Å². The van der Waals surface area contributed by atoms with Crippen molar-refractivity contribution in [2.75, 3.05) is 31.8 Å². The molecule has 0 atom stereocenters. The molecule has 2 N–H and O–H groups in total. The molecule has 2 aromatic carbocycles. The van der Waals surface area contributed by atoms with Gasteiger partial charge in [-0.3, -0.25) is 4.84 Å². The van der Waals surface area contributed by atoms with Gasteiger partial charge in [-0.2, -0.15) is 5.06 Å². The van der Waals surface area contributed by atoms with Crippen LogP contribution in [-0.4, -0.2) is 37.7 Å². The smallest absolute Gasteiger partial charge is 0.343 e. The third-order valence-electron chi connectivity index (χ3n) is 4.66. The van der Waals surface area contributed by atoms with Crippen molar-refractivity contribution < 1.29 is 14.4 Å². The number of carbonyl (C=O) groups is 1. The molecule has 0 unspecified atom stereocenters. The summed E-state index contributed by atoms with van der Waals surface area (Å²) in [6.07, 6.45) is 3.15. The van der Waals surface area contributed by atoms with Crippen molar-refractivity contribution in [2.45, 2.75) is 39.7 Å². The van der Waals surface area contributed by atoms with Gasteiger partial charge in [0.15, 0.2) is 0 Å². The first-order chi connectivity index (χ1) is 14.1. The molecule has 29 heavy (non-hydrogen) atoms. The molecule has 0 bridgehead atoms. The highest BCUT2D eigenvalue weighted by Gasteiger charge is 2.19. The molecular weight excluding hydrogens is 366 g/mol. The molecule has 0 aliphatic heterocycles. The van der Waals surface area contributed by atoms with Crippen molar-refractivity contribution in [3.8, 4) is 5.75 Å². The van der Waals surface area contributed by atoms with Crippen molar-refractivity contribution in [3.63, 3.8) is 0 Å². The topological polar surface area (TPSA) is 68.0 Å². The molecule has 2 amide bonds. The minimum absolute atomic E-state index is 0.234. The molecule has 2 aromatic rings. The van der Waals surface area contributed by atoms with Crippen molar-refractivity contribution in [2.24, 2.45) is 5.73 Å². The molecule has 0 aliphatic carbocycles. The van der Waals surface area contributed by atoms with E-state index in [0.717, 1.165) is 55.1 Å². The lowest BCUT2D eigenvalue weighted by Crippen LogP contribution is -2.36. The van der Waals surface area contributed by atoms with Crippen LogP contribution in [0.25, 0.3) is 0 Å². The van der Waals surface area contributed by atoms with Crippen LogP contribution < -0.4 is 15.5 Å². The van der Waals surface area contributed by atoms with Gasteiger partial charge in [0.25, 0.3) is 0 Å². The average Bonchev–Trinajstić information content (AvgIpc) is 2.73. The van der Waals surface area contributed by atoms with E-state index in [1.165, 1.54) is 0 Å². The zero-order valence-corrected chi connectivity index (χ0v) is 17.8. The van der Waals surface area contributed by atoms with Crippen LogP contribution in [0.3, 0.4) is 0 Å². The molecule has 0 saturated carbocycles. The summed E-state index contributed by atoms with van der Waals surface area (Å²) >= 11 is 0. The quantitative estimate of drug-likeness (QED) is 0.538. The molecule has 2 rings (SSSR count). The molecule has 6 heteroatoms. The number of hydrogen-bond acceptors (Lipinski definition) is 4. The highest BCUT2D eigenvalue weighted by molar-refractivity contribution is 5.90. The van der Waals surface area contributed by atoms with Gasteiger partial charge in [0.1, 0.15) is 18.0 Å². The van der Waals surface area contributed by atoms with Gasteiger partial charge in [0.05, 0.1) is 7.11 Å². The van der Waals surface area contributed by atoms with E-state index in [9.17, 15) is 4.79 Å². The van der Waals surface area contributed by atoms with Crippen LogP contribution in [0.2, 0.25) is 0 Å². The SMILES string of the molecule is CCCN(CCC)CCc1ccc(OC)c(N(OCc2ccccc2)C(N)=O)c1. The van der Waals surface area contributed by atoms with Crippen LogP contribution in [0, 0.1) is 0 Å². The van der Waals surface area contributed by atoms with Crippen LogP contribution in [-0.2, 0) is 17.9 Å². The lowest BCUT2D eigenvalue weighted by molar-refractivity contribution is 0.107. The summed E-state index contributed by atoms with van der Waals surface area (Å²) in [7, 11) is 1.57. The summed E-state index contributed by atoms with van der Waals surface area (Å²) in [5.74, 6) is 0.541. The van der Waals surface area contributed by atoms with Crippen molar-refractivity contribution in [3.05, 3.63) is 59.7 Å². The Balaban J connectivity index is 2.16. The van der Waals surface area contributed by atoms with Crippen LogP contribution in [0.15, 0.2) is 48.5 Å². The van der Waals surface area contributed by atoms with Crippen LogP contribution in [0.4, 0.5) is 10.5 Å². The number of methoxy groups -OCH3 is 1. The maximum atomic E-state index is 12.1. The Bertz CT molecular complexity index is 746. The number of primary amides is 1. The largest absolute Gasteiger partial charge is 0.494 e. The van der Waals surface area contributed by atoms with E-state index in [4.69, 9.17) is 15.3 Å². The lowest BCUT2D eigenvalue weighted by atomic mass is 10.1. The molecule has 0 fully saturated rings. The Morgan fingerprint density at radius 1 is 0.966 bits per heavy atom. The maximum absolute atomic E-state index is 12.1.